The summed E-state index contributed by atoms with van der Waals surface area (Å²) < 4.78 is 5.06. The molecule has 0 fully saturated rings. The van der Waals surface area contributed by atoms with E-state index in [9.17, 15) is 4.79 Å². The van der Waals surface area contributed by atoms with Gasteiger partial charge in [-0.05, 0) is 19.4 Å². The second kappa shape index (κ2) is 5.08. The fraction of sp³-hybridized carbons (Fsp3) is 0.250. The first kappa shape index (κ1) is 10.3. The molecule has 0 spiro atoms. The first-order chi connectivity index (χ1) is 6.74. The first-order valence-corrected chi connectivity index (χ1v) is 4.42. The topological polar surface area (TPSA) is 26.3 Å². The molecule has 0 amide bonds. The Balaban J connectivity index is 2.62. The monoisotopic (exact) mass is 188 g/mol. The lowest BCUT2D eigenvalue weighted by atomic mass is 10.1. The Morgan fingerprint density at radius 2 is 2.00 bits per heavy atom. The largest absolute Gasteiger partial charge is 0.448 e. The minimum atomic E-state index is -0.483. The van der Waals surface area contributed by atoms with Gasteiger partial charge in [-0.2, -0.15) is 0 Å². The lowest BCUT2D eigenvalue weighted by molar-refractivity contribution is -0.141. The number of benzene rings is 1. The normalized spacial score (nSPS) is 11.0. The Labute approximate surface area is 83.9 Å². The third-order valence-electron chi connectivity index (χ3n) is 1.78. The molecule has 0 saturated heterocycles. The quantitative estimate of drug-likeness (QED) is 0.404. The van der Waals surface area contributed by atoms with Crippen LogP contribution in [0, 0.1) is 11.8 Å². The molecule has 0 bridgehead atoms. The minimum absolute atomic E-state index is 0.246. The van der Waals surface area contributed by atoms with Crippen LogP contribution in [0.25, 0.3) is 0 Å². The summed E-state index contributed by atoms with van der Waals surface area (Å²) in [6, 6.07) is 9.56. The van der Waals surface area contributed by atoms with E-state index in [-0.39, 0.29) is 6.10 Å². The van der Waals surface area contributed by atoms with E-state index in [1.165, 1.54) is 0 Å². The third kappa shape index (κ3) is 2.95. The zero-order valence-corrected chi connectivity index (χ0v) is 8.28. The van der Waals surface area contributed by atoms with Crippen LogP contribution in [-0.2, 0) is 9.53 Å². The van der Waals surface area contributed by atoms with Gasteiger partial charge in [-0.3, -0.25) is 0 Å². The maximum absolute atomic E-state index is 11.0. The van der Waals surface area contributed by atoms with Crippen LogP contribution in [0.4, 0.5) is 0 Å². The smallest absolute Gasteiger partial charge is 0.384 e. The molecule has 1 aromatic rings. The number of carbonyl (C=O) groups is 1. The highest BCUT2D eigenvalue weighted by Crippen LogP contribution is 2.15. The van der Waals surface area contributed by atoms with Crippen molar-refractivity contribution in [2.24, 2.45) is 0 Å². The second-order valence-electron chi connectivity index (χ2n) is 2.83. The van der Waals surface area contributed by atoms with Crippen LogP contribution >= 0.6 is 0 Å². The summed E-state index contributed by atoms with van der Waals surface area (Å²) in [5.41, 5.74) is 0.971. The maximum Gasteiger partial charge on any atom is 0.384 e. The van der Waals surface area contributed by atoms with Gasteiger partial charge < -0.3 is 4.74 Å². The Kier molecular flexibility index (Phi) is 3.75. The van der Waals surface area contributed by atoms with Gasteiger partial charge in [0.2, 0.25) is 0 Å². The van der Waals surface area contributed by atoms with E-state index in [2.05, 4.69) is 11.8 Å². The Morgan fingerprint density at radius 1 is 1.36 bits per heavy atom. The number of hydrogen-bond acceptors (Lipinski definition) is 2. The number of rotatable bonds is 2. The maximum atomic E-state index is 11.0. The third-order valence-corrected chi connectivity index (χ3v) is 1.78. The number of hydrogen-bond donors (Lipinski definition) is 0. The number of esters is 1. The molecule has 0 aromatic heterocycles. The van der Waals surface area contributed by atoms with Gasteiger partial charge in [0.25, 0.3) is 0 Å². The summed E-state index contributed by atoms with van der Waals surface area (Å²) in [6.45, 7) is 3.43. The van der Waals surface area contributed by atoms with Crippen LogP contribution in [0.1, 0.15) is 25.5 Å². The van der Waals surface area contributed by atoms with Crippen LogP contribution in [0.3, 0.4) is 0 Å². The van der Waals surface area contributed by atoms with Gasteiger partial charge in [-0.25, -0.2) is 4.79 Å². The standard InChI is InChI=1S/C12H12O2/c1-3-7-12(13)14-10(2)11-8-5-4-6-9-11/h4-6,8-10H,1-2H3/t10-/m1/s1. The summed E-state index contributed by atoms with van der Waals surface area (Å²) in [5, 5.41) is 0. The molecule has 14 heavy (non-hydrogen) atoms. The van der Waals surface area contributed by atoms with E-state index >= 15 is 0 Å². The van der Waals surface area contributed by atoms with Crippen LogP contribution in [0.5, 0.6) is 0 Å². The minimum Gasteiger partial charge on any atom is -0.448 e. The summed E-state index contributed by atoms with van der Waals surface area (Å²) in [6.07, 6.45) is -0.246. The average Bonchev–Trinajstić information content (AvgIpc) is 2.19. The average molecular weight is 188 g/mol. The van der Waals surface area contributed by atoms with Gasteiger partial charge in [0.1, 0.15) is 6.10 Å². The van der Waals surface area contributed by atoms with Crippen LogP contribution in [0.15, 0.2) is 30.3 Å². The van der Waals surface area contributed by atoms with E-state index in [0.717, 1.165) is 5.56 Å². The predicted molar refractivity (Wildman–Crippen MR) is 54.4 cm³/mol. The van der Waals surface area contributed by atoms with E-state index in [0.29, 0.717) is 0 Å². The molecule has 0 radical (unpaired) electrons. The second-order valence-corrected chi connectivity index (χ2v) is 2.83. The van der Waals surface area contributed by atoms with Gasteiger partial charge in [0, 0.05) is 5.92 Å². The van der Waals surface area contributed by atoms with Crippen LogP contribution in [0.2, 0.25) is 0 Å². The lowest BCUT2D eigenvalue weighted by Gasteiger charge is -2.10. The molecular formula is C12H12O2. The van der Waals surface area contributed by atoms with Crippen molar-refractivity contribution in [2.45, 2.75) is 20.0 Å². The van der Waals surface area contributed by atoms with Crippen molar-refractivity contribution >= 4 is 5.97 Å². The molecule has 72 valence electrons. The molecule has 2 nitrogen and oxygen atoms in total. The Bertz CT molecular complexity index is 357. The van der Waals surface area contributed by atoms with Gasteiger partial charge in [-0.15, -0.1) is 0 Å². The van der Waals surface area contributed by atoms with Crippen molar-refractivity contribution in [3.8, 4) is 11.8 Å². The van der Waals surface area contributed by atoms with Crippen molar-refractivity contribution < 1.29 is 9.53 Å². The first-order valence-electron chi connectivity index (χ1n) is 4.42. The van der Waals surface area contributed by atoms with Crippen molar-refractivity contribution in [2.75, 3.05) is 0 Å². The summed E-state index contributed by atoms with van der Waals surface area (Å²) >= 11 is 0. The SMILES string of the molecule is CC#CC(=O)O[C@H](C)c1ccccc1. The Morgan fingerprint density at radius 3 is 2.57 bits per heavy atom. The molecular weight excluding hydrogens is 176 g/mol. The molecule has 0 N–H and O–H groups in total. The van der Waals surface area contributed by atoms with Gasteiger partial charge in [0.15, 0.2) is 0 Å². The molecule has 1 aromatic carbocycles. The molecule has 0 aliphatic rings. The highest BCUT2D eigenvalue weighted by molar-refractivity contribution is 5.88. The van der Waals surface area contributed by atoms with Crippen molar-refractivity contribution in [1.82, 2.24) is 0 Å². The molecule has 0 saturated carbocycles. The van der Waals surface area contributed by atoms with Crippen LogP contribution in [-0.4, -0.2) is 5.97 Å². The Hall–Kier alpha value is -1.75. The van der Waals surface area contributed by atoms with E-state index < -0.39 is 5.97 Å². The molecule has 2 heteroatoms. The highest BCUT2D eigenvalue weighted by Gasteiger charge is 2.08. The van der Waals surface area contributed by atoms with Crippen LogP contribution < -0.4 is 0 Å². The van der Waals surface area contributed by atoms with Gasteiger partial charge >= 0.3 is 5.97 Å². The number of ether oxygens (including phenoxy) is 1. The fourth-order valence-corrected chi connectivity index (χ4v) is 1.08. The summed E-state index contributed by atoms with van der Waals surface area (Å²) in [4.78, 5) is 11.0. The van der Waals surface area contributed by atoms with Crippen molar-refractivity contribution in [3.63, 3.8) is 0 Å². The highest BCUT2D eigenvalue weighted by atomic mass is 16.5. The fourth-order valence-electron chi connectivity index (χ4n) is 1.08. The van der Waals surface area contributed by atoms with E-state index in [1.54, 1.807) is 6.92 Å². The molecule has 0 heterocycles. The molecule has 0 aliphatic heterocycles. The predicted octanol–water partition coefficient (Wildman–Crippen LogP) is 2.31. The van der Waals surface area contributed by atoms with Crippen molar-refractivity contribution in [1.29, 1.82) is 0 Å². The molecule has 0 unspecified atom stereocenters. The van der Waals surface area contributed by atoms with E-state index in [4.69, 9.17) is 4.74 Å². The lowest BCUT2D eigenvalue weighted by Crippen LogP contribution is -2.06. The summed E-state index contributed by atoms with van der Waals surface area (Å²) in [7, 11) is 0. The van der Waals surface area contributed by atoms with Gasteiger partial charge in [0.05, 0.1) is 0 Å². The zero-order chi connectivity index (χ0) is 10.4. The molecule has 1 atom stereocenters. The zero-order valence-electron chi connectivity index (χ0n) is 8.28. The number of carbonyl (C=O) groups excluding carboxylic acids is 1. The summed E-state index contributed by atoms with van der Waals surface area (Å²) in [5.74, 6) is 4.35. The molecule has 0 aliphatic carbocycles. The van der Waals surface area contributed by atoms with E-state index in [1.807, 2.05) is 37.3 Å². The van der Waals surface area contributed by atoms with Gasteiger partial charge in [-0.1, -0.05) is 36.3 Å². The molecule has 1 rings (SSSR count). The van der Waals surface area contributed by atoms with Crippen molar-refractivity contribution in [3.05, 3.63) is 35.9 Å².